The summed E-state index contributed by atoms with van der Waals surface area (Å²) in [7, 11) is 0. The zero-order valence-corrected chi connectivity index (χ0v) is 12.6. The number of hydrogen-bond donors (Lipinski definition) is 1. The molecule has 1 saturated heterocycles. The van der Waals surface area contributed by atoms with Crippen molar-refractivity contribution in [2.45, 2.75) is 19.9 Å². The number of nitrogens with zero attached hydrogens (tertiary/aromatic N) is 2. The lowest BCUT2D eigenvalue weighted by Crippen LogP contribution is -2.31. The van der Waals surface area contributed by atoms with Gasteiger partial charge in [-0.2, -0.15) is 0 Å². The molecule has 1 aromatic carbocycles. The summed E-state index contributed by atoms with van der Waals surface area (Å²) >= 11 is 0. The van der Waals surface area contributed by atoms with Gasteiger partial charge in [0.2, 0.25) is 0 Å². The molecular formula is C18H23N3. The van der Waals surface area contributed by atoms with E-state index in [0.717, 1.165) is 26.2 Å². The van der Waals surface area contributed by atoms with Gasteiger partial charge in [-0.1, -0.05) is 31.2 Å². The maximum Gasteiger partial charge on any atom is 0.0346 e. The number of benzene rings is 1. The summed E-state index contributed by atoms with van der Waals surface area (Å²) in [5.74, 6) is 0. The number of aromatic nitrogens is 1. The number of hydrogen-bond acceptors (Lipinski definition) is 3. The van der Waals surface area contributed by atoms with Crippen LogP contribution in [0.5, 0.6) is 0 Å². The van der Waals surface area contributed by atoms with E-state index in [9.17, 15) is 0 Å². The van der Waals surface area contributed by atoms with Gasteiger partial charge in [0.05, 0.1) is 0 Å². The molecule has 2 aromatic rings. The summed E-state index contributed by atoms with van der Waals surface area (Å²) in [5, 5.41) is 0. The summed E-state index contributed by atoms with van der Waals surface area (Å²) in [6, 6.07) is 12.8. The van der Waals surface area contributed by atoms with Crippen LogP contribution in [0.1, 0.15) is 18.9 Å². The molecule has 1 aliphatic heterocycles. The third-order valence-corrected chi connectivity index (χ3v) is 4.46. The summed E-state index contributed by atoms with van der Waals surface area (Å²) < 4.78 is 0. The molecule has 1 unspecified atom stereocenters. The van der Waals surface area contributed by atoms with Crippen LogP contribution in [-0.2, 0) is 6.54 Å². The highest BCUT2D eigenvalue weighted by Gasteiger charge is 2.32. The first-order valence-corrected chi connectivity index (χ1v) is 7.60. The van der Waals surface area contributed by atoms with Gasteiger partial charge >= 0.3 is 0 Å². The van der Waals surface area contributed by atoms with E-state index in [0.29, 0.717) is 5.41 Å². The van der Waals surface area contributed by atoms with Crippen molar-refractivity contribution in [1.82, 2.24) is 9.88 Å². The minimum atomic E-state index is 0.293. The Morgan fingerprint density at radius 1 is 1.24 bits per heavy atom. The van der Waals surface area contributed by atoms with Crippen LogP contribution in [-0.4, -0.2) is 29.5 Å². The molecule has 21 heavy (non-hydrogen) atoms. The maximum absolute atomic E-state index is 5.89. The SMILES string of the molecule is CC1(CN)CCN(Cc2cccc(-c3cccnc3)c2)C1. The highest BCUT2D eigenvalue weighted by molar-refractivity contribution is 5.62. The molecule has 0 radical (unpaired) electrons. The van der Waals surface area contributed by atoms with Gasteiger partial charge in [0.25, 0.3) is 0 Å². The van der Waals surface area contributed by atoms with Crippen molar-refractivity contribution in [1.29, 1.82) is 0 Å². The van der Waals surface area contributed by atoms with Crippen LogP contribution in [0, 0.1) is 5.41 Å². The first-order chi connectivity index (χ1) is 10.2. The molecule has 0 amide bonds. The molecule has 1 aromatic heterocycles. The van der Waals surface area contributed by atoms with Gasteiger partial charge in [0, 0.05) is 25.5 Å². The molecule has 0 saturated carbocycles. The number of likely N-dealkylation sites (tertiary alicyclic amines) is 1. The fourth-order valence-electron chi connectivity index (χ4n) is 3.07. The van der Waals surface area contributed by atoms with Crippen LogP contribution >= 0.6 is 0 Å². The van der Waals surface area contributed by atoms with E-state index in [2.05, 4.69) is 47.1 Å². The van der Waals surface area contributed by atoms with Crippen molar-refractivity contribution < 1.29 is 0 Å². The average Bonchev–Trinajstić information content (AvgIpc) is 2.90. The molecule has 0 spiro atoms. The number of nitrogens with two attached hydrogens (primary N) is 1. The second kappa shape index (κ2) is 5.96. The third-order valence-electron chi connectivity index (χ3n) is 4.46. The predicted molar refractivity (Wildman–Crippen MR) is 86.7 cm³/mol. The normalized spacial score (nSPS) is 22.6. The zero-order valence-electron chi connectivity index (χ0n) is 12.6. The predicted octanol–water partition coefficient (Wildman–Crippen LogP) is 2.92. The molecule has 2 heterocycles. The molecule has 0 aliphatic carbocycles. The second-order valence-electron chi connectivity index (χ2n) is 6.42. The van der Waals surface area contributed by atoms with Crippen LogP contribution in [0.4, 0.5) is 0 Å². The van der Waals surface area contributed by atoms with E-state index in [-0.39, 0.29) is 0 Å². The first kappa shape index (κ1) is 14.2. The lowest BCUT2D eigenvalue weighted by atomic mass is 9.90. The van der Waals surface area contributed by atoms with E-state index < -0.39 is 0 Å². The Bertz CT molecular complexity index is 596. The molecule has 1 atom stereocenters. The van der Waals surface area contributed by atoms with Gasteiger partial charge in [0.1, 0.15) is 0 Å². The van der Waals surface area contributed by atoms with Gasteiger partial charge in [-0.3, -0.25) is 9.88 Å². The Morgan fingerprint density at radius 3 is 2.81 bits per heavy atom. The Balaban J connectivity index is 1.73. The van der Waals surface area contributed by atoms with Gasteiger partial charge in [-0.25, -0.2) is 0 Å². The maximum atomic E-state index is 5.89. The zero-order chi connectivity index (χ0) is 14.7. The molecule has 2 N–H and O–H groups in total. The van der Waals surface area contributed by atoms with Crippen molar-refractivity contribution in [2.75, 3.05) is 19.6 Å². The standard InChI is InChI=1S/C18H23N3/c1-18(13-19)7-9-21(14-18)12-15-4-2-5-16(10-15)17-6-3-8-20-11-17/h2-6,8,10-11H,7,9,12-14,19H2,1H3. The molecule has 110 valence electrons. The second-order valence-corrected chi connectivity index (χ2v) is 6.42. The van der Waals surface area contributed by atoms with Crippen molar-refractivity contribution in [3.63, 3.8) is 0 Å². The fourth-order valence-corrected chi connectivity index (χ4v) is 3.07. The summed E-state index contributed by atoms with van der Waals surface area (Å²) in [4.78, 5) is 6.71. The van der Waals surface area contributed by atoms with E-state index in [1.807, 2.05) is 18.5 Å². The van der Waals surface area contributed by atoms with Gasteiger partial charge in [-0.15, -0.1) is 0 Å². The summed E-state index contributed by atoms with van der Waals surface area (Å²) in [6.07, 6.45) is 4.93. The first-order valence-electron chi connectivity index (χ1n) is 7.60. The van der Waals surface area contributed by atoms with E-state index in [1.165, 1.54) is 23.1 Å². The Morgan fingerprint density at radius 2 is 2.10 bits per heavy atom. The lowest BCUT2D eigenvalue weighted by molar-refractivity contribution is 0.274. The summed E-state index contributed by atoms with van der Waals surface area (Å²) in [6.45, 7) is 6.31. The molecule has 3 heteroatoms. The lowest BCUT2D eigenvalue weighted by Gasteiger charge is -2.22. The highest BCUT2D eigenvalue weighted by atomic mass is 15.2. The monoisotopic (exact) mass is 281 g/mol. The van der Waals surface area contributed by atoms with Crippen LogP contribution in [0.2, 0.25) is 0 Å². The van der Waals surface area contributed by atoms with Crippen LogP contribution in [0.25, 0.3) is 11.1 Å². The minimum Gasteiger partial charge on any atom is -0.330 e. The Labute approximate surface area is 126 Å². The van der Waals surface area contributed by atoms with Crippen LogP contribution in [0.3, 0.4) is 0 Å². The molecule has 3 nitrogen and oxygen atoms in total. The van der Waals surface area contributed by atoms with Crippen LogP contribution < -0.4 is 5.73 Å². The number of pyridine rings is 1. The molecule has 0 bridgehead atoms. The van der Waals surface area contributed by atoms with Crippen molar-refractivity contribution in [3.05, 3.63) is 54.4 Å². The Hall–Kier alpha value is -1.71. The highest BCUT2D eigenvalue weighted by Crippen LogP contribution is 2.30. The van der Waals surface area contributed by atoms with Gasteiger partial charge < -0.3 is 5.73 Å². The van der Waals surface area contributed by atoms with Gasteiger partial charge in [-0.05, 0) is 53.7 Å². The largest absolute Gasteiger partial charge is 0.330 e. The molecule has 1 fully saturated rings. The molecular weight excluding hydrogens is 258 g/mol. The Kier molecular flexibility index (Phi) is 4.04. The van der Waals surface area contributed by atoms with Gasteiger partial charge in [0.15, 0.2) is 0 Å². The van der Waals surface area contributed by atoms with E-state index >= 15 is 0 Å². The fraction of sp³-hybridized carbons (Fsp3) is 0.389. The molecule has 3 rings (SSSR count). The van der Waals surface area contributed by atoms with Crippen LogP contribution in [0.15, 0.2) is 48.8 Å². The minimum absolute atomic E-state index is 0.293. The smallest absolute Gasteiger partial charge is 0.0346 e. The van der Waals surface area contributed by atoms with E-state index in [4.69, 9.17) is 5.73 Å². The topological polar surface area (TPSA) is 42.1 Å². The van der Waals surface area contributed by atoms with Crippen molar-refractivity contribution >= 4 is 0 Å². The number of rotatable bonds is 4. The third kappa shape index (κ3) is 3.31. The molecule has 1 aliphatic rings. The quantitative estimate of drug-likeness (QED) is 0.937. The average molecular weight is 281 g/mol. The van der Waals surface area contributed by atoms with E-state index in [1.54, 1.807) is 0 Å². The van der Waals surface area contributed by atoms with Crippen molar-refractivity contribution in [3.8, 4) is 11.1 Å². The summed E-state index contributed by atoms with van der Waals surface area (Å²) in [5.41, 5.74) is 9.95. The van der Waals surface area contributed by atoms with Crippen molar-refractivity contribution in [2.24, 2.45) is 11.1 Å².